The number of ether oxygens (including phenoxy) is 2. The molecule has 0 aromatic rings. The van der Waals surface area contributed by atoms with Gasteiger partial charge >= 0.3 is 0 Å². The van der Waals surface area contributed by atoms with Crippen LogP contribution in [0, 0.1) is 0 Å². The van der Waals surface area contributed by atoms with Gasteiger partial charge in [0.05, 0.1) is 18.2 Å². The van der Waals surface area contributed by atoms with E-state index in [-0.39, 0.29) is 18.7 Å². The van der Waals surface area contributed by atoms with E-state index < -0.39 is 17.3 Å². The van der Waals surface area contributed by atoms with E-state index >= 15 is 0 Å². The molecule has 4 nitrogen and oxygen atoms in total. The molecule has 2 unspecified atom stereocenters. The van der Waals surface area contributed by atoms with Gasteiger partial charge in [0, 0.05) is 0 Å². The molecule has 0 spiro atoms. The lowest BCUT2D eigenvalue weighted by molar-refractivity contribution is -0.338. The van der Waals surface area contributed by atoms with E-state index in [1.165, 1.54) is 0 Å². The van der Waals surface area contributed by atoms with Crippen LogP contribution in [0.1, 0.15) is 20.3 Å². The maximum atomic E-state index is 10.5. The molecule has 0 aromatic carbocycles. The van der Waals surface area contributed by atoms with Crippen molar-refractivity contribution in [2.45, 2.75) is 49.7 Å². The maximum Gasteiger partial charge on any atom is 0.149 e. The van der Waals surface area contributed by atoms with Crippen LogP contribution in [0.4, 0.5) is 0 Å². The van der Waals surface area contributed by atoms with E-state index in [4.69, 9.17) is 14.6 Å². The molecule has 2 N–H and O–H groups in total. The Balaban J connectivity index is 2.28. The molecule has 2 fully saturated rings. The first-order chi connectivity index (χ1) is 6.49. The summed E-state index contributed by atoms with van der Waals surface area (Å²) in [5.41, 5.74) is -1.59. The van der Waals surface area contributed by atoms with Gasteiger partial charge in [-0.2, -0.15) is 0 Å². The number of hydrogen-bond acceptors (Lipinski definition) is 4. The highest BCUT2D eigenvalue weighted by Gasteiger charge is 2.72. The molecular formula is C9H17BO4. The van der Waals surface area contributed by atoms with Crippen molar-refractivity contribution < 1.29 is 19.7 Å². The van der Waals surface area contributed by atoms with Gasteiger partial charge in [0.1, 0.15) is 25.7 Å². The summed E-state index contributed by atoms with van der Waals surface area (Å²) in [6.07, 6.45) is -0.0853. The standard InChI is InChI=1S/C9H17BO4/c1-3-8(2)9(12)5(4-11)13-7(10)6(9)14-8/h5-7,11-12H,3-4,10H2,1-2H3/t5?,6-,7-,8+,9?/m1/s1. The lowest BCUT2D eigenvalue weighted by Gasteiger charge is -2.57. The first kappa shape index (κ1) is 10.4. The second-order valence-corrected chi connectivity index (χ2v) is 4.46. The number of aliphatic hydroxyl groups excluding tert-OH is 1. The van der Waals surface area contributed by atoms with Crippen molar-refractivity contribution >= 4 is 7.85 Å². The molecule has 2 rings (SSSR count). The molecule has 5 atom stereocenters. The van der Waals surface area contributed by atoms with E-state index in [1.54, 1.807) is 0 Å². The van der Waals surface area contributed by atoms with Crippen molar-refractivity contribution in [1.29, 1.82) is 0 Å². The number of rotatable bonds is 2. The summed E-state index contributed by atoms with van der Waals surface area (Å²) in [5.74, 6) is 0. The van der Waals surface area contributed by atoms with Crippen molar-refractivity contribution in [3.8, 4) is 0 Å². The topological polar surface area (TPSA) is 58.9 Å². The second-order valence-electron chi connectivity index (χ2n) is 4.46. The van der Waals surface area contributed by atoms with Gasteiger partial charge in [0.25, 0.3) is 0 Å². The van der Waals surface area contributed by atoms with Gasteiger partial charge in [-0.15, -0.1) is 0 Å². The monoisotopic (exact) mass is 200 g/mol. The fourth-order valence-electron chi connectivity index (χ4n) is 2.67. The molecule has 2 aliphatic rings. The second kappa shape index (κ2) is 2.95. The Labute approximate surface area is 84.6 Å². The zero-order valence-corrected chi connectivity index (χ0v) is 8.86. The Morgan fingerprint density at radius 1 is 1.50 bits per heavy atom. The average molecular weight is 200 g/mol. The predicted molar refractivity (Wildman–Crippen MR) is 52.8 cm³/mol. The van der Waals surface area contributed by atoms with Crippen LogP contribution in [0.2, 0.25) is 0 Å². The highest BCUT2D eigenvalue weighted by molar-refractivity contribution is 6.12. The van der Waals surface area contributed by atoms with Crippen molar-refractivity contribution in [2.24, 2.45) is 0 Å². The molecule has 0 saturated carbocycles. The van der Waals surface area contributed by atoms with Gasteiger partial charge < -0.3 is 19.7 Å². The number of fused-ring (bicyclic) bond motifs is 1. The van der Waals surface area contributed by atoms with Crippen LogP contribution in [-0.4, -0.2) is 54.1 Å². The molecule has 2 heterocycles. The Kier molecular flexibility index (Phi) is 2.20. The molecule has 14 heavy (non-hydrogen) atoms. The summed E-state index contributed by atoms with van der Waals surface area (Å²) in [6, 6.07) is -0.142. The van der Waals surface area contributed by atoms with Crippen molar-refractivity contribution in [1.82, 2.24) is 0 Å². The molecule has 2 saturated heterocycles. The van der Waals surface area contributed by atoms with Gasteiger partial charge in [-0.1, -0.05) is 6.92 Å². The lowest BCUT2D eigenvalue weighted by Crippen LogP contribution is -2.76. The first-order valence-electron chi connectivity index (χ1n) is 5.16. The molecule has 0 amide bonds. The van der Waals surface area contributed by atoms with Gasteiger partial charge in [0.2, 0.25) is 0 Å². The minimum Gasteiger partial charge on any atom is -0.394 e. The van der Waals surface area contributed by atoms with Crippen LogP contribution in [0.15, 0.2) is 0 Å². The van der Waals surface area contributed by atoms with Crippen molar-refractivity contribution in [3.63, 3.8) is 0 Å². The Morgan fingerprint density at radius 2 is 2.14 bits per heavy atom. The predicted octanol–water partition coefficient (Wildman–Crippen LogP) is -1.36. The molecule has 0 radical (unpaired) electrons. The zero-order chi connectivity index (χ0) is 10.6. The third-order valence-electron chi connectivity index (χ3n) is 3.80. The third kappa shape index (κ3) is 0.935. The molecule has 80 valence electrons. The maximum absolute atomic E-state index is 10.5. The van der Waals surface area contributed by atoms with E-state index in [1.807, 2.05) is 21.7 Å². The van der Waals surface area contributed by atoms with Crippen molar-refractivity contribution in [3.05, 3.63) is 0 Å². The van der Waals surface area contributed by atoms with Crippen LogP contribution in [0.25, 0.3) is 0 Å². The average Bonchev–Trinajstić information content (AvgIpc) is 2.38. The summed E-state index contributed by atoms with van der Waals surface area (Å²) in [5, 5.41) is 19.6. The normalized spacial score (nSPS) is 56.7. The SMILES string of the molecule is B[C@@H]1OC(CO)C2(O)[C@@H]1O[C@@]2(C)CC. The van der Waals surface area contributed by atoms with E-state index in [0.29, 0.717) is 6.42 Å². The summed E-state index contributed by atoms with van der Waals surface area (Å²) in [6.45, 7) is 3.68. The highest BCUT2D eigenvalue weighted by Crippen LogP contribution is 2.53. The smallest absolute Gasteiger partial charge is 0.149 e. The quantitative estimate of drug-likeness (QED) is 0.540. The molecule has 2 aliphatic heterocycles. The van der Waals surface area contributed by atoms with Crippen LogP contribution in [0.5, 0.6) is 0 Å². The Bertz CT molecular complexity index is 249. The minimum atomic E-state index is -1.02. The van der Waals surface area contributed by atoms with Crippen LogP contribution in [0.3, 0.4) is 0 Å². The van der Waals surface area contributed by atoms with E-state index in [0.717, 1.165) is 0 Å². The van der Waals surface area contributed by atoms with E-state index in [2.05, 4.69) is 0 Å². The molecule has 0 aliphatic carbocycles. The number of aliphatic hydroxyl groups is 2. The molecule has 5 heteroatoms. The minimum absolute atomic E-state index is 0.142. The van der Waals surface area contributed by atoms with Crippen LogP contribution >= 0.6 is 0 Å². The molecular weight excluding hydrogens is 183 g/mol. The fourth-order valence-corrected chi connectivity index (χ4v) is 2.67. The van der Waals surface area contributed by atoms with Gasteiger partial charge in [-0.25, -0.2) is 0 Å². The Morgan fingerprint density at radius 3 is 2.64 bits per heavy atom. The summed E-state index contributed by atoms with van der Waals surface area (Å²) < 4.78 is 11.1. The molecule has 0 aromatic heterocycles. The lowest BCUT2D eigenvalue weighted by atomic mass is 9.67. The van der Waals surface area contributed by atoms with Gasteiger partial charge in [-0.05, 0) is 13.3 Å². The van der Waals surface area contributed by atoms with Gasteiger partial charge in [-0.3, -0.25) is 0 Å². The molecule has 0 bridgehead atoms. The van der Waals surface area contributed by atoms with Crippen LogP contribution < -0.4 is 0 Å². The fraction of sp³-hybridized carbons (Fsp3) is 1.00. The van der Waals surface area contributed by atoms with E-state index in [9.17, 15) is 5.11 Å². The van der Waals surface area contributed by atoms with Gasteiger partial charge in [0.15, 0.2) is 0 Å². The third-order valence-corrected chi connectivity index (χ3v) is 3.80. The largest absolute Gasteiger partial charge is 0.394 e. The first-order valence-corrected chi connectivity index (χ1v) is 5.16. The summed E-state index contributed by atoms with van der Waals surface area (Å²) >= 11 is 0. The van der Waals surface area contributed by atoms with Crippen molar-refractivity contribution in [2.75, 3.05) is 6.61 Å². The Hall–Kier alpha value is -0.0951. The number of hydrogen-bond donors (Lipinski definition) is 2. The summed E-state index contributed by atoms with van der Waals surface area (Å²) in [7, 11) is 1.86. The van der Waals surface area contributed by atoms with Crippen LogP contribution in [-0.2, 0) is 9.47 Å². The zero-order valence-electron chi connectivity index (χ0n) is 8.86. The summed E-state index contributed by atoms with van der Waals surface area (Å²) in [4.78, 5) is 0. The highest BCUT2D eigenvalue weighted by atomic mass is 16.6.